The second-order valence-electron chi connectivity index (χ2n) is 4.72. The SMILES string of the molecule is CC(Cn1cccn1)n1c(=S)[nH]c2ccc(C#N)cc21. The molecular weight excluding hydrogens is 270 g/mol. The number of rotatable bonds is 3. The Morgan fingerprint density at radius 3 is 3.05 bits per heavy atom. The molecular formula is C14H13N5S. The van der Waals surface area contributed by atoms with Crippen molar-refractivity contribution in [3.8, 4) is 6.07 Å². The van der Waals surface area contributed by atoms with E-state index < -0.39 is 0 Å². The molecule has 1 atom stereocenters. The summed E-state index contributed by atoms with van der Waals surface area (Å²) in [5.74, 6) is 0. The third kappa shape index (κ3) is 2.12. The summed E-state index contributed by atoms with van der Waals surface area (Å²) in [5, 5.41) is 13.2. The Balaban J connectivity index is 2.08. The lowest BCUT2D eigenvalue weighted by atomic mass is 10.2. The molecule has 0 aliphatic heterocycles. The lowest BCUT2D eigenvalue weighted by Crippen LogP contribution is -2.13. The zero-order valence-corrected chi connectivity index (χ0v) is 11.8. The summed E-state index contributed by atoms with van der Waals surface area (Å²) in [4.78, 5) is 3.18. The number of aromatic nitrogens is 4. The Bertz CT molecular complexity index is 835. The van der Waals surface area contributed by atoms with Crippen LogP contribution in [0.1, 0.15) is 18.5 Å². The van der Waals surface area contributed by atoms with E-state index in [2.05, 4.69) is 23.1 Å². The van der Waals surface area contributed by atoms with E-state index in [0.29, 0.717) is 10.3 Å². The zero-order chi connectivity index (χ0) is 14.1. The van der Waals surface area contributed by atoms with Crippen LogP contribution in [0.4, 0.5) is 0 Å². The van der Waals surface area contributed by atoms with Crippen LogP contribution in [0.3, 0.4) is 0 Å². The normalized spacial score (nSPS) is 12.4. The summed E-state index contributed by atoms with van der Waals surface area (Å²) in [7, 11) is 0. The summed E-state index contributed by atoms with van der Waals surface area (Å²) in [6.07, 6.45) is 3.69. The summed E-state index contributed by atoms with van der Waals surface area (Å²) in [5.41, 5.74) is 2.53. The highest BCUT2D eigenvalue weighted by Gasteiger charge is 2.12. The van der Waals surface area contributed by atoms with Crippen molar-refractivity contribution in [3.63, 3.8) is 0 Å². The predicted octanol–water partition coefficient (Wildman–Crippen LogP) is 3.03. The summed E-state index contributed by atoms with van der Waals surface area (Å²) >= 11 is 5.40. The number of benzene rings is 1. The molecule has 1 aromatic carbocycles. The van der Waals surface area contributed by atoms with Gasteiger partial charge in [0.1, 0.15) is 0 Å². The van der Waals surface area contributed by atoms with Crippen molar-refractivity contribution in [1.29, 1.82) is 5.26 Å². The van der Waals surface area contributed by atoms with Gasteiger partial charge in [-0.2, -0.15) is 10.4 Å². The van der Waals surface area contributed by atoms with Crippen molar-refractivity contribution >= 4 is 23.3 Å². The van der Waals surface area contributed by atoms with Crippen LogP contribution in [0.2, 0.25) is 0 Å². The number of nitrogens with one attached hydrogen (secondary N) is 1. The minimum absolute atomic E-state index is 0.144. The molecule has 0 saturated heterocycles. The first-order valence-electron chi connectivity index (χ1n) is 6.31. The van der Waals surface area contributed by atoms with Crippen LogP contribution in [0.5, 0.6) is 0 Å². The molecule has 0 bridgehead atoms. The number of hydrogen-bond donors (Lipinski definition) is 1. The summed E-state index contributed by atoms with van der Waals surface area (Å²) < 4.78 is 4.57. The largest absolute Gasteiger partial charge is 0.331 e. The van der Waals surface area contributed by atoms with Gasteiger partial charge < -0.3 is 9.55 Å². The zero-order valence-electron chi connectivity index (χ0n) is 10.9. The van der Waals surface area contributed by atoms with Crippen LogP contribution in [0.15, 0.2) is 36.7 Å². The molecule has 0 aliphatic rings. The fraction of sp³-hybridized carbons (Fsp3) is 0.214. The van der Waals surface area contributed by atoms with Crippen molar-refractivity contribution in [2.24, 2.45) is 0 Å². The topological polar surface area (TPSA) is 62.3 Å². The van der Waals surface area contributed by atoms with Crippen LogP contribution in [0.25, 0.3) is 11.0 Å². The van der Waals surface area contributed by atoms with Crippen LogP contribution in [-0.2, 0) is 6.54 Å². The number of hydrogen-bond acceptors (Lipinski definition) is 3. The molecule has 2 heterocycles. The fourth-order valence-electron chi connectivity index (χ4n) is 2.39. The van der Waals surface area contributed by atoms with Crippen LogP contribution in [-0.4, -0.2) is 19.3 Å². The minimum Gasteiger partial charge on any atom is -0.331 e. The van der Waals surface area contributed by atoms with Gasteiger partial charge in [-0.25, -0.2) is 0 Å². The molecule has 0 fully saturated rings. The maximum atomic E-state index is 9.03. The van der Waals surface area contributed by atoms with Crippen LogP contribution >= 0.6 is 12.2 Å². The van der Waals surface area contributed by atoms with Crippen molar-refractivity contribution in [2.75, 3.05) is 0 Å². The van der Waals surface area contributed by atoms with E-state index in [1.54, 1.807) is 12.3 Å². The predicted molar refractivity (Wildman–Crippen MR) is 78.8 cm³/mol. The maximum Gasteiger partial charge on any atom is 0.178 e. The molecule has 100 valence electrons. The summed E-state index contributed by atoms with van der Waals surface area (Å²) in [6.45, 7) is 2.81. The van der Waals surface area contributed by atoms with Gasteiger partial charge >= 0.3 is 0 Å². The average molecular weight is 283 g/mol. The standard InChI is InChI=1S/C14H13N5S/c1-10(9-18-6-2-5-16-18)19-13-7-11(8-15)3-4-12(13)17-14(19)20/h2-7,10H,9H2,1H3,(H,17,20). The Morgan fingerprint density at radius 1 is 1.50 bits per heavy atom. The van der Waals surface area contributed by atoms with Gasteiger partial charge in [-0.15, -0.1) is 0 Å². The van der Waals surface area contributed by atoms with Crippen molar-refractivity contribution in [2.45, 2.75) is 19.5 Å². The molecule has 2 aromatic heterocycles. The molecule has 6 heteroatoms. The molecule has 20 heavy (non-hydrogen) atoms. The van der Waals surface area contributed by atoms with Gasteiger partial charge in [-0.3, -0.25) is 4.68 Å². The smallest absolute Gasteiger partial charge is 0.178 e. The number of imidazole rings is 1. The van der Waals surface area contributed by atoms with Gasteiger partial charge in [0, 0.05) is 12.4 Å². The number of aromatic amines is 1. The van der Waals surface area contributed by atoms with E-state index in [-0.39, 0.29) is 6.04 Å². The lowest BCUT2D eigenvalue weighted by Gasteiger charge is -2.14. The van der Waals surface area contributed by atoms with E-state index in [0.717, 1.165) is 17.6 Å². The third-order valence-corrected chi connectivity index (χ3v) is 3.60. The molecule has 0 spiro atoms. The molecule has 0 saturated carbocycles. The van der Waals surface area contributed by atoms with Gasteiger partial charge in [0.05, 0.1) is 35.3 Å². The highest BCUT2D eigenvalue weighted by Crippen LogP contribution is 2.21. The van der Waals surface area contributed by atoms with Crippen LogP contribution in [0, 0.1) is 16.1 Å². The monoisotopic (exact) mass is 283 g/mol. The molecule has 1 N–H and O–H groups in total. The van der Waals surface area contributed by atoms with E-state index >= 15 is 0 Å². The minimum atomic E-state index is 0.144. The highest BCUT2D eigenvalue weighted by molar-refractivity contribution is 7.71. The number of nitrogens with zero attached hydrogens (tertiary/aromatic N) is 4. The first-order valence-corrected chi connectivity index (χ1v) is 6.71. The van der Waals surface area contributed by atoms with E-state index in [1.165, 1.54) is 0 Å². The van der Waals surface area contributed by atoms with E-state index in [9.17, 15) is 0 Å². The Kier molecular flexibility index (Phi) is 3.12. The van der Waals surface area contributed by atoms with Gasteiger partial charge in [-0.1, -0.05) is 0 Å². The maximum absolute atomic E-state index is 9.03. The van der Waals surface area contributed by atoms with Crippen molar-refractivity contribution in [3.05, 3.63) is 47.0 Å². The molecule has 3 aromatic rings. The molecule has 0 radical (unpaired) electrons. The average Bonchev–Trinajstić information content (AvgIpc) is 3.04. The lowest BCUT2D eigenvalue weighted by molar-refractivity contribution is 0.442. The van der Waals surface area contributed by atoms with Crippen molar-refractivity contribution < 1.29 is 0 Å². The van der Waals surface area contributed by atoms with Crippen LogP contribution < -0.4 is 0 Å². The number of H-pyrrole nitrogens is 1. The molecule has 3 rings (SSSR count). The van der Waals surface area contributed by atoms with Gasteiger partial charge in [0.15, 0.2) is 4.77 Å². The van der Waals surface area contributed by atoms with Gasteiger partial charge in [0.25, 0.3) is 0 Å². The van der Waals surface area contributed by atoms with Gasteiger partial charge in [0.2, 0.25) is 0 Å². The molecule has 0 aliphatic carbocycles. The quantitative estimate of drug-likeness (QED) is 0.751. The Hall–Kier alpha value is -2.39. The van der Waals surface area contributed by atoms with Gasteiger partial charge in [-0.05, 0) is 43.4 Å². The fourth-order valence-corrected chi connectivity index (χ4v) is 2.78. The Morgan fingerprint density at radius 2 is 2.35 bits per heavy atom. The molecule has 1 unspecified atom stereocenters. The number of fused-ring (bicyclic) bond motifs is 1. The second kappa shape index (κ2) is 4.94. The first kappa shape index (κ1) is 12.6. The second-order valence-corrected chi connectivity index (χ2v) is 5.11. The molecule has 5 nitrogen and oxygen atoms in total. The van der Waals surface area contributed by atoms with E-state index in [1.807, 2.05) is 33.6 Å². The molecule has 0 amide bonds. The number of nitriles is 1. The third-order valence-electron chi connectivity index (χ3n) is 3.30. The first-order chi connectivity index (χ1) is 9.69. The Labute approximate surface area is 121 Å². The highest BCUT2D eigenvalue weighted by atomic mass is 32.1. The van der Waals surface area contributed by atoms with E-state index in [4.69, 9.17) is 17.5 Å². The summed E-state index contributed by atoms with van der Waals surface area (Å²) in [6, 6.07) is 9.74. The van der Waals surface area contributed by atoms with Crippen molar-refractivity contribution in [1.82, 2.24) is 19.3 Å².